The molecule has 1 aliphatic heterocycles. The first-order chi connectivity index (χ1) is 21.8. The van der Waals surface area contributed by atoms with Crippen LogP contribution in [0.15, 0.2) is 48.5 Å². The summed E-state index contributed by atoms with van der Waals surface area (Å²) >= 11 is 0. The highest BCUT2D eigenvalue weighted by Gasteiger charge is 2.23. The Balaban J connectivity index is 1.54. The van der Waals surface area contributed by atoms with Crippen molar-refractivity contribution in [1.29, 1.82) is 0 Å². The first-order valence-corrected chi connectivity index (χ1v) is 14.9. The van der Waals surface area contributed by atoms with Crippen LogP contribution in [0.2, 0.25) is 0 Å². The topological polar surface area (TPSA) is 152 Å². The lowest BCUT2D eigenvalue weighted by Gasteiger charge is -2.27. The summed E-state index contributed by atoms with van der Waals surface area (Å²) < 4.78 is 21.6. The summed E-state index contributed by atoms with van der Waals surface area (Å²) in [7, 11) is 0. The van der Waals surface area contributed by atoms with Crippen LogP contribution >= 0.6 is 0 Å². The Morgan fingerprint density at radius 3 is 1.76 bits per heavy atom. The van der Waals surface area contributed by atoms with Crippen LogP contribution in [-0.2, 0) is 44.7 Å². The Kier molecular flexibility index (Phi) is 15.6. The lowest BCUT2D eigenvalue weighted by molar-refractivity contribution is -0.139. The van der Waals surface area contributed by atoms with Crippen molar-refractivity contribution in [2.24, 2.45) is 0 Å². The molecule has 2 aromatic rings. The number of aliphatic carboxylic acids is 2. The van der Waals surface area contributed by atoms with E-state index in [1.165, 1.54) is 0 Å². The molecule has 0 aromatic heterocycles. The zero-order chi connectivity index (χ0) is 32.3. The number of rotatable bonds is 21. The summed E-state index contributed by atoms with van der Waals surface area (Å²) in [6.45, 7) is 2.41. The van der Waals surface area contributed by atoms with Crippen LogP contribution < -0.4 is 4.90 Å². The monoisotopic (exact) mass is 624 g/mol. The molecule has 0 spiro atoms. The van der Waals surface area contributed by atoms with Crippen LogP contribution in [0.25, 0.3) is 0 Å². The fourth-order valence-electron chi connectivity index (χ4n) is 4.39. The van der Waals surface area contributed by atoms with Gasteiger partial charge in [-0.15, -0.1) is 0 Å². The normalized spacial score (nSPS) is 11.8. The predicted molar refractivity (Wildman–Crippen MR) is 164 cm³/mol. The van der Waals surface area contributed by atoms with E-state index < -0.39 is 11.9 Å². The number of fused-ring (bicyclic) bond motifs is 2. The lowest BCUT2D eigenvalue weighted by Crippen LogP contribution is -2.38. The molecular formula is C33H40N2O10. The van der Waals surface area contributed by atoms with Crippen molar-refractivity contribution in [3.63, 3.8) is 0 Å². The Morgan fingerprint density at radius 2 is 1.16 bits per heavy atom. The van der Waals surface area contributed by atoms with Gasteiger partial charge in [0, 0.05) is 37.1 Å². The maximum absolute atomic E-state index is 13.6. The third-order valence-electron chi connectivity index (χ3n) is 6.75. The Morgan fingerprint density at radius 1 is 0.644 bits per heavy atom. The highest BCUT2D eigenvalue weighted by atomic mass is 16.5. The summed E-state index contributed by atoms with van der Waals surface area (Å²) in [6.07, 6.45) is -0.194. The molecule has 12 nitrogen and oxygen atoms in total. The quantitative estimate of drug-likeness (QED) is 0.157. The number of nitrogens with zero attached hydrogens (tertiary/aromatic N) is 2. The average Bonchev–Trinajstić information content (AvgIpc) is 3.02. The van der Waals surface area contributed by atoms with E-state index in [0.717, 1.165) is 16.7 Å². The smallest absolute Gasteiger partial charge is 0.305 e. The fourth-order valence-corrected chi connectivity index (χ4v) is 4.39. The maximum Gasteiger partial charge on any atom is 0.305 e. The molecule has 2 aromatic carbocycles. The molecule has 242 valence electrons. The molecule has 3 rings (SSSR count). The van der Waals surface area contributed by atoms with Gasteiger partial charge in [-0.3, -0.25) is 19.2 Å². The molecule has 12 heteroatoms. The Hall–Kier alpha value is -4.28. The van der Waals surface area contributed by atoms with Crippen LogP contribution in [-0.4, -0.2) is 105 Å². The number of ether oxygens (including phenoxy) is 4. The van der Waals surface area contributed by atoms with Gasteiger partial charge in [-0.2, -0.15) is 0 Å². The van der Waals surface area contributed by atoms with Crippen LogP contribution in [0.1, 0.15) is 42.4 Å². The maximum atomic E-state index is 13.6. The van der Waals surface area contributed by atoms with Gasteiger partial charge in [0.2, 0.25) is 11.8 Å². The molecule has 1 heterocycles. The molecule has 0 saturated heterocycles. The number of carboxylic acid groups (broad SMARTS) is 2. The molecule has 45 heavy (non-hydrogen) atoms. The molecule has 2 amide bonds. The first-order valence-electron chi connectivity index (χ1n) is 14.9. The average molecular weight is 625 g/mol. The van der Waals surface area contributed by atoms with E-state index in [0.29, 0.717) is 12.2 Å². The highest BCUT2D eigenvalue weighted by molar-refractivity contribution is 5.97. The minimum atomic E-state index is -0.938. The minimum Gasteiger partial charge on any atom is -0.481 e. The summed E-state index contributed by atoms with van der Waals surface area (Å²) in [6, 6.07) is 15.1. The number of para-hydroxylation sites is 1. The summed E-state index contributed by atoms with van der Waals surface area (Å²) in [5.74, 6) is 4.07. The molecule has 1 aliphatic rings. The molecule has 0 unspecified atom stereocenters. The van der Waals surface area contributed by atoms with Gasteiger partial charge in [0.1, 0.15) is 0 Å². The van der Waals surface area contributed by atoms with Crippen molar-refractivity contribution < 1.29 is 48.3 Å². The number of carbonyl (C=O) groups is 4. The van der Waals surface area contributed by atoms with Gasteiger partial charge in [-0.25, -0.2) is 0 Å². The van der Waals surface area contributed by atoms with E-state index in [1.807, 2.05) is 48.5 Å². The highest BCUT2D eigenvalue weighted by Crippen LogP contribution is 2.26. The van der Waals surface area contributed by atoms with E-state index in [2.05, 4.69) is 11.8 Å². The third kappa shape index (κ3) is 13.1. The lowest BCUT2D eigenvalue weighted by atomic mass is 10.0. The first kappa shape index (κ1) is 35.2. The Labute approximate surface area is 262 Å². The number of anilines is 1. The van der Waals surface area contributed by atoms with Gasteiger partial charge >= 0.3 is 11.9 Å². The molecule has 0 radical (unpaired) electrons. The second-order valence-corrected chi connectivity index (χ2v) is 10.0. The molecule has 0 bridgehead atoms. The molecule has 0 aliphatic carbocycles. The van der Waals surface area contributed by atoms with Crippen molar-refractivity contribution in [3.8, 4) is 11.8 Å². The second-order valence-electron chi connectivity index (χ2n) is 10.0. The van der Waals surface area contributed by atoms with Crippen molar-refractivity contribution in [3.05, 3.63) is 65.2 Å². The summed E-state index contributed by atoms with van der Waals surface area (Å²) in [5.41, 5.74) is 3.22. The van der Waals surface area contributed by atoms with Crippen molar-refractivity contribution >= 4 is 29.4 Å². The number of carboxylic acids is 2. The summed E-state index contributed by atoms with van der Waals surface area (Å²) in [5, 5.41) is 17.3. The Bertz CT molecular complexity index is 1310. The van der Waals surface area contributed by atoms with Crippen molar-refractivity contribution in [2.45, 2.75) is 32.2 Å². The van der Waals surface area contributed by atoms with Crippen LogP contribution in [0.5, 0.6) is 0 Å². The number of benzene rings is 2. The van der Waals surface area contributed by atoms with Gasteiger partial charge in [0.15, 0.2) is 0 Å². The molecule has 0 saturated carbocycles. The summed E-state index contributed by atoms with van der Waals surface area (Å²) in [4.78, 5) is 51.3. The van der Waals surface area contributed by atoms with E-state index in [1.54, 1.807) is 9.80 Å². The van der Waals surface area contributed by atoms with E-state index >= 15 is 0 Å². The second kappa shape index (κ2) is 19.9. The van der Waals surface area contributed by atoms with E-state index in [-0.39, 0.29) is 103 Å². The van der Waals surface area contributed by atoms with Crippen LogP contribution in [0, 0.1) is 11.8 Å². The SMILES string of the molecule is O=C(O)CCOCCOCCN(CCOCCOCCC(=O)O)C(=O)CCC(=O)N1Cc2ccccc2C#Cc2ccccc21. The largest absolute Gasteiger partial charge is 0.481 e. The van der Waals surface area contributed by atoms with Gasteiger partial charge in [0.25, 0.3) is 0 Å². The minimum absolute atomic E-state index is 0.00415. The predicted octanol–water partition coefficient (Wildman–Crippen LogP) is 2.56. The molecular weight excluding hydrogens is 584 g/mol. The standard InChI is InChI=1S/C33H40N2O10/c36-30(11-12-31(37)35-25-28-7-2-1-5-26(28)9-10-27-6-3-4-8-29(27)35)34(15-19-44-23-21-42-17-13-32(38)39)16-20-45-24-22-43-18-14-33(40)41/h1-8H,11-25H2,(H,38,39)(H,40,41). The zero-order valence-corrected chi connectivity index (χ0v) is 25.3. The van der Waals surface area contributed by atoms with Crippen molar-refractivity contribution in [2.75, 3.05) is 70.8 Å². The van der Waals surface area contributed by atoms with E-state index in [4.69, 9.17) is 29.2 Å². The number of hydrogen-bond acceptors (Lipinski definition) is 8. The van der Waals surface area contributed by atoms with Gasteiger partial charge in [-0.1, -0.05) is 42.2 Å². The number of amides is 2. The van der Waals surface area contributed by atoms with Crippen molar-refractivity contribution in [1.82, 2.24) is 4.90 Å². The van der Waals surface area contributed by atoms with Gasteiger partial charge in [0.05, 0.1) is 77.9 Å². The fraction of sp³-hybridized carbons (Fsp3) is 0.455. The number of carbonyl (C=O) groups excluding carboxylic acids is 2. The van der Waals surface area contributed by atoms with Gasteiger partial charge < -0.3 is 39.0 Å². The van der Waals surface area contributed by atoms with Crippen LogP contribution in [0.3, 0.4) is 0 Å². The van der Waals surface area contributed by atoms with Crippen LogP contribution in [0.4, 0.5) is 5.69 Å². The number of hydrogen-bond donors (Lipinski definition) is 2. The zero-order valence-electron chi connectivity index (χ0n) is 25.3. The third-order valence-corrected chi connectivity index (χ3v) is 6.75. The molecule has 2 N–H and O–H groups in total. The van der Waals surface area contributed by atoms with E-state index in [9.17, 15) is 19.2 Å². The molecule has 0 atom stereocenters. The molecule has 0 fully saturated rings. The van der Waals surface area contributed by atoms with Gasteiger partial charge in [-0.05, 0) is 23.8 Å².